The summed E-state index contributed by atoms with van der Waals surface area (Å²) in [6.07, 6.45) is 1.70. The maximum atomic E-state index is 7.32. The average Bonchev–Trinajstić information content (AvgIpc) is 2.52. The fraction of sp³-hybridized carbons (Fsp3) is 0.111. The largest absolute Gasteiger partial charge is 0.345 e. The van der Waals surface area contributed by atoms with Crippen LogP contribution in [0, 0.1) is 11.3 Å². The van der Waals surface area contributed by atoms with Crippen LogP contribution in [0.25, 0.3) is 11.0 Å². The smallest absolute Gasteiger partial charge is 0.0931 e. The molecule has 1 aromatic heterocycles. The van der Waals surface area contributed by atoms with Crippen LogP contribution in [0.3, 0.4) is 0 Å². The summed E-state index contributed by atoms with van der Waals surface area (Å²) >= 11 is 0. The molecule has 1 heterocycles. The van der Waals surface area contributed by atoms with Gasteiger partial charge in [-0.2, -0.15) is 5.26 Å². The van der Waals surface area contributed by atoms with Gasteiger partial charge in [-0.3, -0.25) is 0 Å². The molecule has 3 nitrogen and oxygen atoms in total. The Morgan fingerprint density at radius 2 is 2.08 bits per heavy atom. The fourth-order valence-corrected chi connectivity index (χ4v) is 0.880. The van der Waals surface area contributed by atoms with Crippen molar-refractivity contribution in [2.75, 3.05) is 0 Å². The number of hydrogen-bond donors (Lipinski definition) is 1. The molecular weight excluding hydrogens is 150 g/mol. The molecule has 0 spiro atoms. The van der Waals surface area contributed by atoms with Crippen molar-refractivity contribution >= 4 is 11.0 Å². The van der Waals surface area contributed by atoms with Gasteiger partial charge in [0.15, 0.2) is 0 Å². The molecule has 12 heavy (non-hydrogen) atoms. The molecule has 0 fully saturated rings. The summed E-state index contributed by atoms with van der Waals surface area (Å²) in [5.41, 5.74) is 2.12. The number of aromatic amines is 1. The summed E-state index contributed by atoms with van der Waals surface area (Å²) in [6, 6.07) is 9.69. The number of nitrogens with zero attached hydrogens (tertiary/aromatic N) is 2. The first-order valence-electron chi connectivity index (χ1n) is 3.57. The lowest BCUT2D eigenvalue weighted by molar-refractivity contribution is 1.34. The summed E-state index contributed by atoms with van der Waals surface area (Å²) in [5, 5.41) is 7.32. The van der Waals surface area contributed by atoms with Crippen LogP contribution in [-0.4, -0.2) is 9.97 Å². The van der Waals surface area contributed by atoms with E-state index >= 15 is 0 Å². The van der Waals surface area contributed by atoms with Gasteiger partial charge in [0.05, 0.1) is 23.4 Å². The van der Waals surface area contributed by atoms with Gasteiger partial charge in [0, 0.05) is 6.92 Å². The number of benzene rings is 1. The lowest BCUT2D eigenvalue weighted by Crippen LogP contribution is -1.63. The van der Waals surface area contributed by atoms with E-state index < -0.39 is 0 Å². The number of fused-ring (bicyclic) bond motifs is 1. The topological polar surface area (TPSA) is 52.5 Å². The van der Waals surface area contributed by atoms with Crippen LogP contribution in [-0.2, 0) is 0 Å². The highest BCUT2D eigenvalue weighted by Crippen LogP contribution is 2.05. The van der Waals surface area contributed by atoms with Crippen molar-refractivity contribution in [3.63, 3.8) is 0 Å². The summed E-state index contributed by atoms with van der Waals surface area (Å²) in [4.78, 5) is 7.07. The maximum Gasteiger partial charge on any atom is 0.0931 e. The van der Waals surface area contributed by atoms with Crippen molar-refractivity contribution in [2.24, 2.45) is 0 Å². The van der Waals surface area contributed by atoms with E-state index in [1.807, 2.05) is 24.3 Å². The highest BCUT2D eigenvalue weighted by atomic mass is 14.9. The second-order valence-corrected chi connectivity index (χ2v) is 2.14. The molecule has 2 rings (SSSR count). The summed E-state index contributed by atoms with van der Waals surface area (Å²) < 4.78 is 0. The van der Waals surface area contributed by atoms with E-state index in [4.69, 9.17) is 5.26 Å². The SMILES string of the molecule is CC#N.c1ccc2[nH]cnc2c1. The molecule has 0 aliphatic carbocycles. The molecule has 0 bridgehead atoms. The first-order valence-corrected chi connectivity index (χ1v) is 3.57. The summed E-state index contributed by atoms with van der Waals surface area (Å²) in [7, 11) is 0. The molecule has 0 aliphatic heterocycles. The van der Waals surface area contributed by atoms with E-state index in [1.54, 1.807) is 12.4 Å². The Bertz CT molecular complexity index is 354. The van der Waals surface area contributed by atoms with Crippen molar-refractivity contribution in [3.05, 3.63) is 30.6 Å². The molecule has 0 amide bonds. The van der Waals surface area contributed by atoms with Crippen LogP contribution in [0.15, 0.2) is 30.6 Å². The zero-order valence-electron chi connectivity index (χ0n) is 6.78. The number of imidazole rings is 1. The predicted molar refractivity (Wildman–Crippen MR) is 47.4 cm³/mol. The van der Waals surface area contributed by atoms with Gasteiger partial charge in [-0.05, 0) is 12.1 Å². The van der Waals surface area contributed by atoms with Gasteiger partial charge in [0.2, 0.25) is 0 Å². The molecule has 2 aromatic rings. The monoisotopic (exact) mass is 159 g/mol. The van der Waals surface area contributed by atoms with Crippen LogP contribution in [0.5, 0.6) is 0 Å². The Labute approximate surface area is 70.7 Å². The van der Waals surface area contributed by atoms with E-state index in [0.717, 1.165) is 11.0 Å². The highest BCUT2D eigenvalue weighted by Gasteiger charge is 1.88. The van der Waals surface area contributed by atoms with Gasteiger partial charge in [-0.1, -0.05) is 12.1 Å². The highest BCUT2D eigenvalue weighted by molar-refractivity contribution is 5.73. The Morgan fingerprint density at radius 1 is 1.42 bits per heavy atom. The summed E-state index contributed by atoms with van der Waals surface area (Å²) in [5.74, 6) is 0. The van der Waals surface area contributed by atoms with Gasteiger partial charge >= 0.3 is 0 Å². The molecule has 0 saturated carbocycles. The molecule has 1 N–H and O–H groups in total. The van der Waals surface area contributed by atoms with Crippen molar-refractivity contribution in [3.8, 4) is 6.07 Å². The van der Waals surface area contributed by atoms with E-state index in [1.165, 1.54) is 6.92 Å². The lowest BCUT2D eigenvalue weighted by atomic mass is 10.3. The molecule has 60 valence electrons. The minimum Gasteiger partial charge on any atom is -0.345 e. The van der Waals surface area contributed by atoms with E-state index in [9.17, 15) is 0 Å². The molecule has 0 radical (unpaired) electrons. The Kier molecular flexibility index (Phi) is 2.86. The maximum absolute atomic E-state index is 7.32. The zero-order valence-corrected chi connectivity index (χ0v) is 6.78. The summed E-state index contributed by atoms with van der Waals surface area (Å²) in [6.45, 7) is 1.43. The Hall–Kier alpha value is -1.82. The number of aromatic nitrogens is 2. The minimum absolute atomic E-state index is 1.03. The molecule has 3 heteroatoms. The van der Waals surface area contributed by atoms with Crippen LogP contribution in [0.1, 0.15) is 6.92 Å². The van der Waals surface area contributed by atoms with E-state index in [2.05, 4.69) is 9.97 Å². The zero-order chi connectivity index (χ0) is 8.81. The van der Waals surface area contributed by atoms with Crippen molar-refractivity contribution in [2.45, 2.75) is 6.92 Å². The second-order valence-electron chi connectivity index (χ2n) is 2.14. The molecular formula is C9H9N3. The second kappa shape index (κ2) is 4.14. The predicted octanol–water partition coefficient (Wildman–Crippen LogP) is 2.09. The van der Waals surface area contributed by atoms with Crippen LogP contribution >= 0.6 is 0 Å². The molecule has 0 atom stereocenters. The standard InChI is InChI=1S/C7H6N2.C2H3N/c1-2-4-7-6(3-1)8-5-9-7;1-2-3/h1-5H,(H,8,9);1H3. The van der Waals surface area contributed by atoms with E-state index in [-0.39, 0.29) is 0 Å². The number of rotatable bonds is 0. The first-order chi connectivity index (χ1) is 5.88. The minimum atomic E-state index is 1.03. The first kappa shape index (κ1) is 8.28. The Balaban J connectivity index is 0.000000213. The lowest BCUT2D eigenvalue weighted by Gasteiger charge is -1.81. The van der Waals surface area contributed by atoms with E-state index in [0.29, 0.717) is 0 Å². The molecule has 0 unspecified atom stereocenters. The third-order valence-electron chi connectivity index (χ3n) is 1.33. The van der Waals surface area contributed by atoms with Crippen molar-refractivity contribution < 1.29 is 0 Å². The molecule has 1 aromatic carbocycles. The number of nitriles is 1. The van der Waals surface area contributed by atoms with Crippen LogP contribution in [0.2, 0.25) is 0 Å². The average molecular weight is 159 g/mol. The number of nitrogens with one attached hydrogen (secondary N) is 1. The van der Waals surface area contributed by atoms with Gasteiger partial charge in [0.1, 0.15) is 0 Å². The Morgan fingerprint density at radius 3 is 2.75 bits per heavy atom. The fourth-order valence-electron chi connectivity index (χ4n) is 0.880. The quantitative estimate of drug-likeness (QED) is 0.639. The van der Waals surface area contributed by atoms with Gasteiger partial charge in [-0.15, -0.1) is 0 Å². The number of H-pyrrole nitrogens is 1. The molecule has 0 aliphatic rings. The van der Waals surface area contributed by atoms with Crippen LogP contribution in [0.4, 0.5) is 0 Å². The number of para-hydroxylation sites is 2. The van der Waals surface area contributed by atoms with Gasteiger partial charge in [-0.25, -0.2) is 4.98 Å². The number of hydrogen-bond acceptors (Lipinski definition) is 2. The third kappa shape index (κ3) is 1.83. The van der Waals surface area contributed by atoms with Crippen molar-refractivity contribution in [1.29, 1.82) is 5.26 Å². The normalized spacial score (nSPS) is 8.33. The third-order valence-corrected chi connectivity index (χ3v) is 1.33. The van der Waals surface area contributed by atoms with Crippen LogP contribution < -0.4 is 0 Å². The van der Waals surface area contributed by atoms with Gasteiger partial charge < -0.3 is 4.98 Å². The van der Waals surface area contributed by atoms with Crippen molar-refractivity contribution in [1.82, 2.24) is 9.97 Å². The molecule has 0 saturated heterocycles. The van der Waals surface area contributed by atoms with Gasteiger partial charge in [0.25, 0.3) is 0 Å².